The lowest BCUT2D eigenvalue weighted by molar-refractivity contribution is -0.138. The van der Waals surface area contributed by atoms with Crippen molar-refractivity contribution in [3.8, 4) is 0 Å². The van der Waals surface area contributed by atoms with Gasteiger partial charge in [-0.3, -0.25) is 0 Å². The standard InChI is InChI=1S/C13H19N3O2/c1-10-3-4-12(15-14-10)16-8-13(9-16)7-11(17-2)5-6-18-13/h3-4,11H,5-9H2,1-2H3. The summed E-state index contributed by atoms with van der Waals surface area (Å²) >= 11 is 0. The Bertz CT molecular complexity index is 415. The number of ether oxygens (including phenoxy) is 2. The summed E-state index contributed by atoms with van der Waals surface area (Å²) < 4.78 is 11.4. The topological polar surface area (TPSA) is 47.5 Å². The quantitative estimate of drug-likeness (QED) is 0.787. The number of rotatable bonds is 2. The monoisotopic (exact) mass is 249 g/mol. The van der Waals surface area contributed by atoms with Crippen LogP contribution < -0.4 is 4.90 Å². The van der Waals surface area contributed by atoms with Gasteiger partial charge in [-0.15, -0.1) is 5.10 Å². The molecule has 3 heterocycles. The summed E-state index contributed by atoms with van der Waals surface area (Å²) in [6.07, 6.45) is 2.33. The summed E-state index contributed by atoms with van der Waals surface area (Å²) in [6, 6.07) is 4.01. The van der Waals surface area contributed by atoms with E-state index in [2.05, 4.69) is 15.1 Å². The van der Waals surface area contributed by atoms with Crippen LogP contribution in [0.25, 0.3) is 0 Å². The number of hydrogen-bond donors (Lipinski definition) is 0. The van der Waals surface area contributed by atoms with E-state index in [0.29, 0.717) is 6.10 Å². The van der Waals surface area contributed by atoms with Crippen LogP contribution in [-0.2, 0) is 9.47 Å². The second-order valence-electron chi connectivity index (χ2n) is 5.27. The lowest BCUT2D eigenvalue weighted by Crippen LogP contribution is -2.66. The molecule has 1 aromatic heterocycles. The Labute approximate surface area is 107 Å². The third-order valence-electron chi connectivity index (χ3n) is 3.85. The van der Waals surface area contributed by atoms with Gasteiger partial charge in [-0.1, -0.05) is 0 Å². The van der Waals surface area contributed by atoms with Gasteiger partial charge in [0.2, 0.25) is 0 Å². The lowest BCUT2D eigenvalue weighted by atomic mass is 9.84. The molecule has 3 rings (SSSR count). The number of nitrogens with zero attached hydrogens (tertiary/aromatic N) is 3. The highest BCUT2D eigenvalue weighted by Gasteiger charge is 2.48. The predicted molar refractivity (Wildman–Crippen MR) is 67.7 cm³/mol. The molecule has 0 aromatic carbocycles. The van der Waals surface area contributed by atoms with Crippen molar-refractivity contribution in [2.24, 2.45) is 0 Å². The molecule has 0 aliphatic carbocycles. The molecular formula is C13H19N3O2. The van der Waals surface area contributed by atoms with Crippen molar-refractivity contribution in [1.82, 2.24) is 10.2 Å². The van der Waals surface area contributed by atoms with Crippen LogP contribution in [0.5, 0.6) is 0 Å². The van der Waals surface area contributed by atoms with Crippen LogP contribution in [0.15, 0.2) is 12.1 Å². The van der Waals surface area contributed by atoms with Gasteiger partial charge in [0.15, 0.2) is 5.82 Å². The van der Waals surface area contributed by atoms with Crippen molar-refractivity contribution in [3.63, 3.8) is 0 Å². The maximum absolute atomic E-state index is 5.94. The molecule has 1 atom stereocenters. The smallest absolute Gasteiger partial charge is 0.151 e. The highest BCUT2D eigenvalue weighted by atomic mass is 16.5. The summed E-state index contributed by atoms with van der Waals surface area (Å²) in [4.78, 5) is 2.21. The molecule has 0 N–H and O–H groups in total. The van der Waals surface area contributed by atoms with E-state index in [0.717, 1.165) is 44.0 Å². The van der Waals surface area contributed by atoms with Gasteiger partial charge in [-0.05, 0) is 25.5 Å². The van der Waals surface area contributed by atoms with Crippen LogP contribution in [-0.4, -0.2) is 48.7 Å². The Morgan fingerprint density at radius 1 is 1.39 bits per heavy atom. The number of anilines is 1. The number of hydrogen-bond acceptors (Lipinski definition) is 5. The minimum atomic E-state index is -0.0223. The first kappa shape index (κ1) is 11.9. The second-order valence-corrected chi connectivity index (χ2v) is 5.27. The van der Waals surface area contributed by atoms with Gasteiger partial charge < -0.3 is 14.4 Å². The van der Waals surface area contributed by atoms with Crippen molar-refractivity contribution in [1.29, 1.82) is 0 Å². The van der Waals surface area contributed by atoms with Crippen LogP contribution in [0.3, 0.4) is 0 Å². The summed E-state index contributed by atoms with van der Waals surface area (Å²) in [5, 5.41) is 8.30. The van der Waals surface area contributed by atoms with E-state index in [-0.39, 0.29) is 5.60 Å². The third kappa shape index (κ3) is 2.08. The van der Waals surface area contributed by atoms with Crippen LogP contribution in [0.2, 0.25) is 0 Å². The number of aromatic nitrogens is 2. The Hall–Kier alpha value is -1.20. The Morgan fingerprint density at radius 3 is 2.89 bits per heavy atom. The molecular weight excluding hydrogens is 230 g/mol. The highest BCUT2D eigenvalue weighted by molar-refractivity contribution is 5.43. The van der Waals surface area contributed by atoms with Gasteiger partial charge in [-0.25, -0.2) is 0 Å². The van der Waals surface area contributed by atoms with E-state index >= 15 is 0 Å². The molecule has 1 aromatic rings. The molecule has 0 radical (unpaired) electrons. The molecule has 2 saturated heterocycles. The minimum absolute atomic E-state index is 0.0223. The average Bonchev–Trinajstić information content (AvgIpc) is 2.37. The summed E-state index contributed by atoms with van der Waals surface area (Å²) in [5.41, 5.74) is 0.924. The van der Waals surface area contributed by atoms with E-state index in [1.165, 1.54) is 0 Å². The lowest BCUT2D eigenvalue weighted by Gasteiger charge is -2.53. The zero-order valence-electron chi connectivity index (χ0n) is 10.9. The van der Waals surface area contributed by atoms with Gasteiger partial charge in [0, 0.05) is 20.1 Å². The fourth-order valence-electron chi connectivity index (χ4n) is 2.78. The van der Waals surface area contributed by atoms with Crippen molar-refractivity contribution < 1.29 is 9.47 Å². The van der Waals surface area contributed by atoms with Gasteiger partial charge in [0.05, 0.1) is 24.9 Å². The SMILES string of the molecule is COC1CCOC2(C1)CN(c1ccc(C)nn1)C2. The molecule has 2 aliphatic heterocycles. The summed E-state index contributed by atoms with van der Waals surface area (Å²) in [6.45, 7) is 4.53. The first-order valence-corrected chi connectivity index (χ1v) is 6.43. The third-order valence-corrected chi connectivity index (χ3v) is 3.85. The molecule has 98 valence electrons. The fraction of sp³-hybridized carbons (Fsp3) is 0.692. The molecule has 5 nitrogen and oxygen atoms in total. The first-order chi connectivity index (χ1) is 8.71. The first-order valence-electron chi connectivity index (χ1n) is 6.43. The zero-order valence-corrected chi connectivity index (χ0v) is 10.9. The Balaban J connectivity index is 1.63. The molecule has 0 bridgehead atoms. The Kier molecular flexibility index (Phi) is 2.95. The van der Waals surface area contributed by atoms with Gasteiger partial charge in [-0.2, -0.15) is 5.10 Å². The van der Waals surface area contributed by atoms with Crippen LogP contribution in [0.1, 0.15) is 18.5 Å². The molecule has 5 heteroatoms. The molecule has 2 fully saturated rings. The molecule has 0 amide bonds. The van der Waals surface area contributed by atoms with Gasteiger partial charge >= 0.3 is 0 Å². The number of methoxy groups -OCH3 is 1. The predicted octanol–water partition coefficient (Wildman–Crippen LogP) is 1.17. The van der Waals surface area contributed by atoms with E-state index in [1.807, 2.05) is 19.1 Å². The summed E-state index contributed by atoms with van der Waals surface area (Å²) in [7, 11) is 1.78. The van der Waals surface area contributed by atoms with Crippen molar-refractivity contribution in [2.75, 3.05) is 31.7 Å². The van der Waals surface area contributed by atoms with E-state index < -0.39 is 0 Å². The van der Waals surface area contributed by atoms with E-state index in [1.54, 1.807) is 7.11 Å². The second kappa shape index (κ2) is 4.48. The average molecular weight is 249 g/mol. The van der Waals surface area contributed by atoms with Crippen molar-refractivity contribution >= 4 is 5.82 Å². The van der Waals surface area contributed by atoms with E-state index in [9.17, 15) is 0 Å². The van der Waals surface area contributed by atoms with E-state index in [4.69, 9.17) is 9.47 Å². The van der Waals surface area contributed by atoms with Crippen LogP contribution >= 0.6 is 0 Å². The maximum Gasteiger partial charge on any atom is 0.151 e. The Morgan fingerprint density at radius 2 is 2.22 bits per heavy atom. The van der Waals surface area contributed by atoms with Gasteiger partial charge in [0.25, 0.3) is 0 Å². The molecule has 0 saturated carbocycles. The fourth-order valence-corrected chi connectivity index (χ4v) is 2.78. The molecule has 2 aliphatic rings. The summed E-state index contributed by atoms with van der Waals surface area (Å²) in [5.74, 6) is 0.939. The molecule has 1 unspecified atom stereocenters. The molecule has 1 spiro atoms. The normalized spacial score (nSPS) is 26.1. The van der Waals surface area contributed by atoms with Crippen molar-refractivity contribution in [2.45, 2.75) is 31.5 Å². The minimum Gasteiger partial charge on any atom is -0.381 e. The van der Waals surface area contributed by atoms with Crippen LogP contribution in [0.4, 0.5) is 5.82 Å². The largest absolute Gasteiger partial charge is 0.381 e. The number of aryl methyl sites for hydroxylation is 1. The van der Waals surface area contributed by atoms with Gasteiger partial charge in [0.1, 0.15) is 5.60 Å². The maximum atomic E-state index is 5.94. The molecule has 18 heavy (non-hydrogen) atoms. The van der Waals surface area contributed by atoms with Crippen molar-refractivity contribution in [3.05, 3.63) is 17.8 Å². The zero-order chi connectivity index (χ0) is 12.6. The van der Waals surface area contributed by atoms with Crippen LogP contribution in [0, 0.1) is 6.92 Å². The highest BCUT2D eigenvalue weighted by Crippen LogP contribution is 2.36.